The van der Waals surface area contributed by atoms with Gasteiger partial charge in [-0.25, -0.2) is 4.98 Å². The van der Waals surface area contributed by atoms with E-state index in [-0.39, 0.29) is 5.69 Å². The van der Waals surface area contributed by atoms with E-state index in [1.807, 2.05) is 4.90 Å². The summed E-state index contributed by atoms with van der Waals surface area (Å²) in [5.74, 6) is 1.26. The smallest absolute Gasteiger partial charge is 0.311 e. The Labute approximate surface area is 93.2 Å². The molecule has 0 aromatic carbocycles. The molecule has 1 atom stereocenters. The lowest BCUT2D eigenvalue weighted by atomic mass is 10.2. The molecule has 2 heterocycles. The second kappa shape index (κ2) is 3.96. The molecule has 0 bridgehead atoms. The van der Waals surface area contributed by atoms with Gasteiger partial charge in [0.05, 0.1) is 4.92 Å². The first-order chi connectivity index (χ1) is 7.58. The molecule has 0 radical (unpaired) electrons. The van der Waals surface area contributed by atoms with Crippen LogP contribution in [-0.2, 0) is 0 Å². The number of pyridine rings is 1. The summed E-state index contributed by atoms with van der Waals surface area (Å²) in [7, 11) is 0. The molecule has 0 amide bonds. The Morgan fingerprint density at radius 3 is 2.94 bits per heavy atom. The Bertz CT molecular complexity index is 421. The van der Waals surface area contributed by atoms with Crippen LogP contribution in [0.5, 0.6) is 0 Å². The lowest BCUT2D eigenvalue weighted by molar-refractivity contribution is -0.384. The van der Waals surface area contributed by atoms with Crippen LogP contribution in [-0.4, -0.2) is 23.0 Å². The standard InChI is InChI=1S/C10H14N4O2/c1-7-4-5-13(6-7)10-8(14(15)16)2-3-9(11)12-10/h2-3,7H,4-6H2,1H3,(H2,11,12). The quantitative estimate of drug-likeness (QED) is 0.604. The van der Waals surface area contributed by atoms with E-state index in [0.29, 0.717) is 17.6 Å². The van der Waals surface area contributed by atoms with Gasteiger partial charge in [0.2, 0.25) is 5.82 Å². The zero-order valence-corrected chi connectivity index (χ0v) is 9.09. The molecule has 1 aromatic heterocycles. The molecular formula is C10H14N4O2. The minimum absolute atomic E-state index is 0.0308. The van der Waals surface area contributed by atoms with E-state index in [2.05, 4.69) is 11.9 Å². The highest BCUT2D eigenvalue weighted by Gasteiger charge is 2.26. The molecule has 6 heteroatoms. The molecule has 1 aromatic rings. The molecule has 1 aliphatic rings. The van der Waals surface area contributed by atoms with Crippen molar-refractivity contribution in [2.24, 2.45) is 5.92 Å². The molecule has 1 unspecified atom stereocenters. The van der Waals surface area contributed by atoms with Crippen LogP contribution in [0.4, 0.5) is 17.3 Å². The van der Waals surface area contributed by atoms with Gasteiger partial charge < -0.3 is 10.6 Å². The highest BCUT2D eigenvalue weighted by Crippen LogP contribution is 2.30. The fourth-order valence-corrected chi connectivity index (χ4v) is 1.96. The SMILES string of the molecule is CC1CCN(c2nc(N)ccc2[N+](=O)[O-])C1. The van der Waals surface area contributed by atoms with Crippen LogP contribution in [0.3, 0.4) is 0 Å². The minimum Gasteiger partial charge on any atom is -0.384 e. The fourth-order valence-electron chi connectivity index (χ4n) is 1.96. The van der Waals surface area contributed by atoms with Crippen molar-refractivity contribution >= 4 is 17.3 Å². The van der Waals surface area contributed by atoms with E-state index in [9.17, 15) is 10.1 Å². The predicted octanol–water partition coefficient (Wildman–Crippen LogP) is 1.42. The summed E-state index contributed by atoms with van der Waals surface area (Å²) >= 11 is 0. The maximum absolute atomic E-state index is 10.9. The Morgan fingerprint density at radius 2 is 2.38 bits per heavy atom. The first kappa shape index (κ1) is 10.7. The first-order valence-corrected chi connectivity index (χ1v) is 5.24. The van der Waals surface area contributed by atoms with Gasteiger partial charge in [-0.2, -0.15) is 0 Å². The third kappa shape index (κ3) is 1.91. The van der Waals surface area contributed by atoms with Crippen molar-refractivity contribution < 1.29 is 4.92 Å². The van der Waals surface area contributed by atoms with Crippen LogP contribution >= 0.6 is 0 Å². The van der Waals surface area contributed by atoms with Crippen LogP contribution < -0.4 is 10.6 Å². The molecule has 1 aliphatic heterocycles. The van der Waals surface area contributed by atoms with Crippen LogP contribution in [0.25, 0.3) is 0 Å². The largest absolute Gasteiger partial charge is 0.384 e. The minimum atomic E-state index is -0.412. The highest BCUT2D eigenvalue weighted by molar-refractivity contribution is 5.61. The lowest BCUT2D eigenvalue weighted by Crippen LogP contribution is -2.21. The Kier molecular flexibility index (Phi) is 2.64. The molecule has 1 fully saturated rings. The monoisotopic (exact) mass is 222 g/mol. The third-order valence-corrected chi connectivity index (χ3v) is 2.80. The van der Waals surface area contributed by atoms with Gasteiger partial charge in [-0.3, -0.25) is 10.1 Å². The van der Waals surface area contributed by atoms with Crippen LogP contribution in [0.15, 0.2) is 12.1 Å². The zero-order valence-electron chi connectivity index (χ0n) is 9.09. The molecule has 2 N–H and O–H groups in total. The summed E-state index contributed by atoms with van der Waals surface area (Å²) in [4.78, 5) is 16.5. The maximum Gasteiger partial charge on any atom is 0.311 e. The topological polar surface area (TPSA) is 85.3 Å². The highest BCUT2D eigenvalue weighted by atomic mass is 16.6. The van der Waals surface area contributed by atoms with Gasteiger partial charge in [-0.1, -0.05) is 6.92 Å². The average Bonchev–Trinajstić information content (AvgIpc) is 2.64. The van der Waals surface area contributed by atoms with Crippen molar-refractivity contribution in [1.29, 1.82) is 0 Å². The van der Waals surface area contributed by atoms with Gasteiger partial charge in [0, 0.05) is 19.2 Å². The molecule has 0 spiro atoms. The summed E-state index contributed by atoms with van der Waals surface area (Å²) in [6, 6.07) is 2.88. The van der Waals surface area contributed by atoms with Crippen LogP contribution in [0.2, 0.25) is 0 Å². The zero-order chi connectivity index (χ0) is 11.7. The number of nitrogens with two attached hydrogens (primary N) is 1. The molecule has 0 saturated carbocycles. The molecule has 0 aliphatic carbocycles. The second-order valence-corrected chi connectivity index (χ2v) is 4.18. The van der Waals surface area contributed by atoms with Gasteiger partial charge in [-0.05, 0) is 18.4 Å². The van der Waals surface area contributed by atoms with Gasteiger partial charge >= 0.3 is 5.69 Å². The Hall–Kier alpha value is -1.85. The summed E-state index contributed by atoms with van der Waals surface area (Å²) in [6.07, 6.45) is 1.04. The van der Waals surface area contributed by atoms with Crippen molar-refractivity contribution in [1.82, 2.24) is 4.98 Å². The van der Waals surface area contributed by atoms with Gasteiger partial charge in [0.25, 0.3) is 0 Å². The molecule has 6 nitrogen and oxygen atoms in total. The summed E-state index contributed by atoms with van der Waals surface area (Å²) in [6.45, 7) is 3.73. The molecular weight excluding hydrogens is 208 g/mol. The molecule has 16 heavy (non-hydrogen) atoms. The predicted molar refractivity (Wildman–Crippen MR) is 61.3 cm³/mol. The lowest BCUT2D eigenvalue weighted by Gasteiger charge is -2.16. The van der Waals surface area contributed by atoms with Crippen molar-refractivity contribution in [3.63, 3.8) is 0 Å². The number of anilines is 2. The van der Waals surface area contributed by atoms with Crippen molar-refractivity contribution in [3.8, 4) is 0 Å². The van der Waals surface area contributed by atoms with Crippen molar-refractivity contribution in [2.75, 3.05) is 23.7 Å². The van der Waals surface area contributed by atoms with E-state index >= 15 is 0 Å². The summed E-state index contributed by atoms with van der Waals surface area (Å²) < 4.78 is 0. The number of hydrogen-bond acceptors (Lipinski definition) is 5. The fraction of sp³-hybridized carbons (Fsp3) is 0.500. The second-order valence-electron chi connectivity index (χ2n) is 4.18. The van der Waals surface area contributed by atoms with Crippen LogP contribution in [0.1, 0.15) is 13.3 Å². The maximum atomic E-state index is 10.9. The van der Waals surface area contributed by atoms with Gasteiger partial charge in [0.15, 0.2) is 0 Å². The third-order valence-electron chi connectivity index (χ3n) is 2.80. The number of nitro groups is 1. The van der Waals surface area contributed by atoms with Gasteiger partial charge in [-0.15, -0.1) is 0 Å². The van der Waals surface area contributed by atoms with E-state index in [0.717, 1.165) is 19.5 Å². The van der Waals surface area contributed by atoms with Crippen molar-refractivity contribution in [3.05, 3.63) is 22.2 Å². The molecule has 2 rings (SSSR count). The van der Waals surface area contributed by atoms with E-state index in [1.165, 1.54) is 12.1 Å². The van der Waals surface area contributed by atoms with E-state index < -0.39 is 4.92 Å². The molecule has 86 valence electrons. The van der Waals surface area contributed by atoms with Gasteiger partial charge in [0.1, 0.15) is 5.82 Å². The van der Waals surface area contributed by atoms with Crippen molar-refractivity contribution in [2.45, 2.75) is 13.3 Å². The number of hydrogen-bond donors (Lipinski definition) is 1. The number of nitrogen functional groups attached to an aromatic ring is 1. The number of aromatic nitrogens is 1. The van der Waals surface area contributed by atoms with E-state index in [1.54, 1.807) is 0 Å². The number of nitrogens with zero attached hydrogens (tertiary/aromatic N) is 3. The van der Waals surface area contributed by atoms with E-state index in [4.69, 9.17) is 5.73 Å². The summed E-state index contributed by atoms with van der Waals surface area (Å²) in [5.41, 5.74) is 5.60. The normalized spacial score (nSPS) is 20.1. The average molecular weight is 222 g/mol. The van der Waals surface area contributed by atoms with Crippen LogP contribution in [0, 0.1) is 16.0 Å². The Balaban J connectivity index is 2.37. The Morgan fingerprint density at radius 1 is 1.62 bits per heavy atom. The molecule has 1 saturated heterocycles. The number of rotatable bonds is 2. The first-order valence-electron chi connectivity index (χ1n) is 5.24. The summed E-state index contributed by atoms with van der Waals surface area (Å²) in [5, 5.41) is 10.9.